The lowest BCUT2D eigenvalue weighted by Crippen LogP contribution is -2.36. The SMILES string of the molecule is CCc1ccc(C(=O)N2CCC3=C(Cc4ccc(Cl)cc43)C2)cc1Cl. The van der Waals surface area contributed by atoms with E-state index in [1.165, 1.54) is 22.3 Å². The van der Waals surface area contributed by atoms with Gasteiger partial charge in [0.2, 0.25) is 0 Å². The normalized spacial score (nSPS) is 16.0. The molecule has 25 heavy (non-hydrogen) atoms. The fraction of sp³-hybridized carbons (Fsp3) is 0.286. The molecule has 1 amide bonds. The predicted molar refractivity (Wildman–Crippen MR) is 103 cm³/mol. The Kier molecular flexibility index (Phi) is 4.35. The number of fused-ring (bicyclic) bond motifs is 2. The highest BCUT2D eigenvalue weighted by molar-refractivity contribution is 6.31. The molecule has 0 unspecified atom stereocenters. The van der Waals surface area contributed by atoms with Gasteiger partial charge in [0, 0.05) is 28.7 Å². The zero-order valence-corrected chi connectivity index (χ0v) is 15.6. The number of halogens is 2. The van der Waals surface area contributed by atoms with Crippen molar-refractivity contribution >= 4 is 34.7 Å². The second-order valence-corrected chi connectivity index (χ2v) is 7.54. The van der Waals surface area contributed by atoms with Gasteiger partial charge in [-0.25, -0.2) is 0 Å². The van der Waals surface area contributed by atoms with Crippen LogP contribution in [-0.4, -0.2) is 23.9 Å². The van der Waals surface area contributed by atoms with Crippen molar-refractivity contribution in [3.63, 3.8) is 0 Å². The van der Waals surface area contributed by atoms with E-state index < -0.39 is 0 Å². The van der Waals surface area contributed by atoms with Crippen molar-refractivity contribution in [2.75, 3.05) is 13.1 Å². The van der Waals surface area contributed by atoms with E-state index >= 15 is 0 Å². The van der Waals surface area contributed by atoms with Crippen molar-refractivity contribution in [3.05, 3.63) is 74.3 Å². The van der Waals surface area contributed by atoms with Crippen LogP contribution in [0.3, 0.4) is 0 Å². The maximum atomic E-state index is 12.9. The molecule has 1 aliphatic carbocycles. The molecule has 4 rings (SSSR count). The summed E-state index contributed by atoms with van der Waals surface area (Å²) >= 11 is 12.4. The van der Waals surface area contributed by atoms with Crippen molar-refractivity contribution in [2.24, 2.45) is 0 Å². The lowest BCUT2D eigenvalue weighted by atomic mass is 9.98. The Bertz CT molecular complexity index is 901. The third kappa shape index (κ3) is 2.98. The van der Waals surface area contributed by atoms with E-state index in [0.717, 1.165) is 36.4 Å². The second kappa shape index (κ2) is 6.51. The van der Waals surface area contributed by atoms with E-state index in [0.29, 0.717) is 17.1 Å². The summed E-state index contributed by atoms with van der Waals surface area (Å²) < 4.78 is 0. The monoisotopic (exact) mass is 371 g/mol. The first-order valence-corrected chi connectivity index (χ1v) is 9.40. The molecule has 0 aromatic heterocycles. The molecule has 1 aliphatic heterocycles. The van der Waals surface area contributed by atoms with E-state index in [1.807, 2.05) is 23.1 Å². The minimum absolute atomic E-state index is 0.0603. The fourth-order valence-corrected chi connectivity index (χ4v) is 4.34. The van der Waals surface area contributed by atoms with Gasteiger partial charge in [-0.3, -0.25) is 4.79 Å². The molecule has 2 aromatic carbocycles. The van der Waals surface area contributed by atoms with Crippen LogP contribution >= 0.6 is 23.2 Å². The summed E-state index contributed by atoms with van der Waals surface area (Å²) in [5, 5.41) is 1.45. The molecule has 2 aromatic rings. The van der Waals surface area contributed by atoms with Crippen LogP contribution in [0.4, 0.5) is 0 Å². The average molecular weight is 372 g/mol. The number of carbonyl (C=O) groups is 1. The van der Waals surface area contributed by atoms with E-state index in [-0.39, 0.29) is 5.91 Å². The number of aryl methyl sites for hydroxylation is 1. The second-order valence-electron chi connectivity index (χ2n) is 6.70. The molecule has 0 saturated heterocycles. The molecule has 2 nitrogen and oxygen atoms in total. The molecular weight excluding hydrogens is 353 g/mol. The summed E-state index contributed by atoms with van der Waals surface area (Å²) in [6.45, 7) is 3.48. The maximum Gasteiger partial charge on any atom is 0.254 e. The topological polar surface area (TPSA) is 20.3 Å². The third-order valence-corrected chi connectivity index (χ3v) is 5.80. The Hall–Kier alpha value is -1.77. The Morgan fingerprint density at radius 3 is 2.76 bits per heavy atom. The van der Waals surface area contributed by atoms with Crippen molar-refractivity contribution in [1.82, 2.24) is 4.90 Å². The number of benzene rings is 2. The van der Waals surface area contributed by atoms with Crippen LogP contribution in [0.5, 0.6) is 0 Å². The van der Waals surface area contributed by atoms with Crippen LogP contribution < -0.4 is 0 Å². The first-order valence-electron chi connectivity index (χ1n) is 8.64. The number of hydrogen-bond acceptors (Lipinski definition) is 1. The van der Waals surface area contributed by atoms with Gasteiger partial charge >= 0.3 is 0 Å². The summed E-state index contributed by atoms with van der Waals surface area (Å²) in [5.41, 5.74) is 7.05. The van der Waals surface area contributed by atoms with Crippen LogP contribution in [0.15, 0.2) is 42.0 Å². The Balaban J connectivity index is 1.56. The molecule has 0 atom stereocenters. The molecule has 0 bridgehead atoms. The molecule has 0 spiro atoms. The van der Waals surface area contributed by atoms with Gasteiger partial charge in [-0.15, -0.1) is 0 Å². The number of nitrogens with zero attached hydrogens (tertiary/aromatic N) is 1. The Morgan fingerprint density at radius 2 is 2.00 bits per heavy atom. The Morgan fingerprint density at radius 1 is 1.16 bits per heavy atom. The largest absolute Gasteiger partial charge is 0.334 e. The predicted octanol–water partition coefficient (Wildman–Crippen LogP) is 5.41. The summed E-state index contributed by atoms with van der Waals surface area (Å²) in [6, 6.07) is 11.7. The fourth-order valence-electron chi connectivity index (χ4n) is 3.85. The number of amides is 1. The van der Waals surface area contributed by atoms with E-state index in [9.17, 15) is 4.79 Å². The van der Waals surface area contributed by atoms with Crippen LogP contribution in [-0.2, 0) is 12.8 Å². The lowest BCUT2D eigenvalue weighted by molar-refractivity contribution is 0.0767. The molecule has 0 radical (unpaired) electrons. The van der Waals surface area contributed by atoms with Crippen LogP contribution in [0.25, 0.3) is 5.57 Å². The minimum atomic E-state index is 0.0603. The van der Waals surface area contributed by atoms with Crippen molar-refractivity contribution < 1.29 is 4.79 Å². The lowest BCUT2D eigenvalue weighted by Gasteiger charge is -2.29. The highest BCUT2D eigenvalue weighted by Gasteiger charge is 2.29. The zero-order valence-electron chi connectivity index (χ0n) is 14.1. The molecule has 128 valence electrons. The van der Waals surface area contributed by atoms with Crippen molar-refractivity contribution in [1.29, 1.82) is 0 Å². The van der Waals surface area contributed by atoms with Crippen molar-refractivity contribution in [3.8, 4) is 0 Å². The summed E-state index contributed by atoms with van der Waals surface area (Å²) in [5.74, 6) is 0.0603. The molecule has 4 heteroatoms. The number of rotatable bonds is 2. The molecular formula is C21H19Cl2NO. The van der Waals surface area contributed by atoms with Gasteiger partial charge in [-0.2, -0.15) is 0 Å². The highest BCUT2D eigenvalue weighted by atomic mass is 35.5. The molecule has 0 N–H and O–H groups in total. The van der Waals surface area contributed by atoms with E-state index in [4.69, 9.17) is 23.2 Å². The number of carbonyl (C=O) groups excluding carboxylic acids is 1. The van der Waals surface area contributed by atoms with Gasteiger partial charge in [0.05, 0.1) is 0 Å². The molecule has 0 fully saturated rings. The van der Waals surface area contributed by atoms with Crippen LogP contribution in [0.1, 0.15) is 40.4 Å². The van der Waals surface area contributed by atoms with Gasteiger partial charge in [-0.05, 0) is 71.4 Å². The van der Waals surface area contributed by atoms with Gasteiger partial charge < -0.3 is 4.90 Å². The summed E-state index contributed by atoms with van der Waals surface area (Å²) in [6.07, 6.45) is 2.67. The Labute approximate surface area is 158 Å². The van der Waals surface area contributed by atoms with Crippen molar-refractivity contribution in [2.45, 2.75) is 26.2 Å². The first kappa shape index (κ1) is 16.7. The maximum absolute atomic E-state index is 12.9. The average Bonchev–Trinajstić information content (AvgIpc) is 2.98. The third-order valence-electron chi connectivity index (χ3n) is 5.21. The van der Waals surface area contributed by atoms with Gasteiger partial charge in [-0.1, -0.05) is 42.3 Å². The van der Waals surface area contributed by atoms with E-state index in [1.54, 1.807) is 6.07 Å². The van der Waals surface area contributed by atoms with Crippen LogP contribution in [0, 0.1) is 0 Å². The molecule has 1 heterocycles. The quantitative estimate of drug-likeness (QED) is 0.690. The number of hydrogen-bond donors (Lipinski definition) is 0. The molecule has 0 saturated carbocycles. The highest BCUT2D eigenvalue weighted by Crippen LogP contribution is 2.39. The summed E-state index contributed by atoms with van der Waals surface area (Å²) in [7, 11) is 0. The van der Waals surface area contributed by atoms with Gasteiger partial charge in [0.25, 0.3) is 5.91 Å². The van der Waals surface area contributed by atoms with E-state index in [2.05, 4.69) is 19.1 Å². The molecule has 2 aliphatic rings. The van der Waals surface area contributed by atoms with Crippen LogP contribution in [0.2, 0.25) is 10.0 Å². The smallest absolute Gasteiger partial charge is 0.254 e. The van der Waals surface area contributed by atoms with Gasteiger partial charge in [0.1, 0.15) is 0 Å². The standard InChI is InChI=1S/C21H19Cl2NO/c1-2-13-3-4-15(10-20(13)23)21(25)24-8-7-18-16(12-24)9-14-5-6-17(22)11-19(14)18/h3-6,10-11H,2,7-9,12H2,1H3. The zero-order chi connectivity index (χ0) is 17.6. The minimum Gasteiger partial charge on any atom is -0.334 e. The van der Waals surface area contributed by atoms with Gasteiger partial charge in [0.15, 0.2) is 0 Å². The summed E-state index contributed by atoms with van der Waals surface area (Å²) in [4.78, 5) is 14.8. The first-order chi connectivity index (χ1) is 12.1.